The molecule has 138 heavy (non-hydrogen) atoms. The maximum Gasteiger partial charge on any atom is 0.246 e. The molecule has 3 aliphatic rings. The molecular weight excluding hydrogens is 1800 g/mol. The lowest BCUT2D eigenvalue weighted by Gasteiger charge is -2.38. The molecule has 3 fully saturated rings. The Balaban J connectivity index is 1.06. The van der Waals surface area contributed by atoms with Crippen LogP contribution in [0.25, 0.3) is 10.9 Å². The number of para-hydroxylation sites is 1. The van der Waals surface area contributed by atoms with Gasteiger partial charge in [0, 0.05) is 146 Å². The van der Waals surface area contributed by atoms with Gasteiger partial charge in [0.1, 0.15) is 65.9 Å². The first-order chi connectivity index (χ1) is 65.9. The molecule has 6 aromatic carbocycles. The zero-order chi connectivity index (χ0) is 100. The number of nitrogens with two attached hydrogens (primary N) is 4. The number of hydrogen-bond acceptors (Lipinski definition) is 20. The molecule has 1 aromatic heterocycles. The van der Waals surface area contributed by atoms with Crippen LogP contribution >= 0.6 is 11.8 Å². The van der Waals surface area contributed by atoms with Crippen molar-refractivity contribution in [1.82, 2.24) is 61.4 Å². The number of benzene rings is 6. The number of phenols is 1. The van der Waals surface area contributed by atoms with E-state index in [0.717, 1.165) is 27.1 Å². The van der Waals surface area contributed by atoms with E-state index in [-0.39, 0.29) is 115 Å². The Morgan fingerprint density at radius 1 is 0.486 bits per heavy atom. The summed E-state index contributed by atoms with van der Waals surface area (Å²) >= 11 is 0.725. The average molecular weight is 1930 g/mol. The normalized spacial score (nSPS) is 23.3. The van der Waals surface area contributed by atoms with E-state index < -0.39 is 246 Å². The van der Waals surface area contributed by atoms with Crippen LogP contribution in [0, 0.1) is 35.2 Å². The van der Waals surface area contributed by atoms with Crippen LogP contribution in [0.15, 0.2) is 152 Å². The number of H-pyrrole nitrogens is 1. The van der Waals surface area contributed by atoms with Crippen LogP contribution in [-0.2, 0) is 122 Å². The number of unbranched alkanes of at least 4 members (excludes halogenated alkanes) is 2. The minimum absolute atomic E-state index is 0.00663. The molecule has 4 heterocycles. The third kappa shape index (κ3) is 29.4. The summed E-state index contributed by atoms with van der Waals surface area (Å²) in [5.74, 6) is -23.3. The first kappa shape index (κ1) is 107. The van der Waals surface area contributed by atoms with Gasteiger partial charge < -0.3 is 89.4 Å². The average Bonchev–Trinajstić information content (AvgIpc) is 1.51. The van der Waals surface area contributed by atoms with Crippen molar-refractivity contribution in [2.45, 2.75) is 229 Å². The molecule has 37 heteroatoms. The lowest BCUT2D eigenvalue weighted by Crippen LogP contribution is -2.60. The van der Waals surface area contributed by atoms with E-state index in [4.69, 9.17) is 22.9 Å². The number of nitrogens with one attached hydrogen (secondary N) is 7. The summed E-state index contributed by atoms with van der Waals surface area (Å²) in [5, 5.41) is 27.8. The molecule has 7 aromatic rings. The van der Waals surface area contributed by atoms with Gasteiger partial charge in [-0.3, -0.25) is 76.7 Å². The van der Waals surface area contributed by atoms with Crippen molar-refractivity contribution in [1.29, 1.82) is 0 Å². The predicted molar refractivity (Wildman–Crippen MR) is 511 cm³/mol. The van der Waals surface area contributed by atoms with Gasteiger partial charge in [0.05, 0.1) is 17.8 Å². The van der Waals surface area contributed by atoms with Gasteiger partial charge in [0.2, 0.25) is 76.8 Å². The third-order valence-electron chi connectivity index (χ3n) is 25.9. The molecule has 3 aliphatic heterocycles. The summed E-state index contributed by atoms with van der Waals surface area (Å²) in [4.78, 5) is 250. The lowest BCUT2D eigenvalue weighted by atomic mass is 9.82. The standard InChI is InChI=1S/C101H127F3N16O17S/c1-7-8-28-82-101(137)119-42-19-29-80(119)87(124)52-66(53-89(108)126)86(123)54-70(59(2)3)97(133)117(5)83(49-60-21-11-9-12-22-60)96(132)114-78(47-62-31-33-64(55-106)34-32-62)99(135)120-43-20-30-81(120)95(131)113-76(51-67-56-109-73-26-16-15-25-69(67)73)94(130)112-75(46-63-35-37-68(121)38-36-63)93(129)111-74(27-17-18-41-105)92(128)115-79(85(122)39-40-88(107)125)57-138-58-90(127)110-77(48-65-44-71(102)91(104)72(103)45-65)98(134)118(6)84(100(136)116(82)4)50-61-23-13-10-14-24-61/h9-16,21-26,31-38,44-45,56,59,66,70,74-84,109,121H,7-8,17-20,27-30,39-43,46-55,57-58,105-106H2,1-6H3,(H2,107,125)(H2,108,126)(H,110,127)(H,111,129)(H,112,130)(H,113,131)(H,114,132)(H,115,128)/t66-,70-,74-,75-,76-,77-,78-,79-,80+,81+,82-,83-,84-/m0/s1. The molecule has 13 amide bonds. The molecule has 740 valence electrons. The first-order valence-corrected chi connectivity index (χ1v) is 48.1. The molecule has 0 unspecified atom stereocenters. The molecule has 16 N–H and O–H groups in total. The fourth-order valence-electron chi connectivity index (χ4n) is 18.0. The van der Waals surface area contributed by atoms with Gasteiger partial charge in [-0.15, -0.1) is 11.8 Å². The minimum atomic E-state index is -1.85. The summed E-state index contributed by atoms with van der Waals surface area (Å²) in [6, 6.07) is 21.4. The van der Waals surface area contributed by atoms with Crippen LogP contribution in [0.4, 0.5) is 13.2 Å². The zero-order valence-corrected chi connectivity index (χ0v) is 79.5. The van der Waals surface area contributed by atoms with E-state index in [1.807, 2.05) is 6.92 Å². The van der Waals surface area contributed by atoms with Gasteiger partial charge in [0.15, 0.2) is 29.0 Å². The molecule has 0 bridgehead atoms. The molecule has 0 aliphatic carbocycles. The molecule has 0 saturated carbocycles. The maximum atomic E-state index is 15.9. The number of halogens is 3. The number of primary amides is 2. The molecule has 3 saturated heterocycles. The highest BCUT2D eigenvalue weighted by Crippen LogP contribution is 2.32. The smallest absolute Gasteiger partial charge is 0.246 e. The molecule has 0 spiro atoms. The second-order valence-corrected chi connectivity index (χ2v) is 37.3. The Labute approximate surface area is 804 Å². The number of phenolic OH excluding ortho intramolecular Hbond substituents is 1. The number of aromatic amines is 1. The Kier molecular flexibility index (Phi) is 39.7. The van der Waals surface area contributed by atoms with Crippen molar-refractivity contribution >= 4 is 117 Å². The number of rotatable bonds is 27. The van der Waals surface area contributed by atoms with Crippen LogP contribution in [0.1, 0.15) is 156 Å². The van der Waals surface area contributed by atoms with Gasteiger partial charge in [-0.05, 0) is 133 Å². The van der Waals surface area contributed by atoms with Gasteiger partial charge in [-0.2, -0.15) is 0 Å². The van der Waals surface area contributed by atoms with Crippen molar-refractivity contribution in [2.75, 3.05) is 52.3 Å². The van der Waals surface area contributed by atoms with Crippen molar-refractivity contribution in [3.8, 4) is 5.75 Å². The summed E-state index contributed by atoms with van der Waals surface area (Å²) in [5.41, 5.74) is 27.0. The maximum absolute atomic E-state index is 15.9. The predicted octanol–water partition coefficient (Wildman–Crippen LogP) is 5.46. The molecular formula is C101H127F3N16O17S. The van der Waals surface area contributed by atoms with Crippen LogP contribution in [0.2, 0.25) is 0 Å². The zero-order valence-electron chi connectivity index (χ0n) is 78.7. The number of aromatic hydroxyl groups is 1. The topological polar surface area (TPSA) is 502 Å². The molecule has 10 rings (SSSR count). The highest BCUT2D eigenvalue weighted by Gasteiger charge is 2.47. The second kappa shape index (κ2) is 51.3. The highest BCUT2D eigenvalue weighted by molar-refractivity contribution is 8.00. The van der Waals surface area contributed by atoms with Crippen molar-refractivity contribution < 1.29 is 95.0 Å². The Morgan fingerprint density at radius 2 is 1.01 bits per heavy atom. The first-order valence-electron chi connectivity index (χ1n) is 46.9. The number of fused-ring (bicyclic) bond motifs is 3. The van der Waals surface area contributed by atoms with E-state index in [2.05, 4.69) is 36.9 Å². The third-order valence-corrected chi connectivity index (χ3v) is 27.0. The number of hydrogen-bond donors (Lipinski definition) is 12. The van der Waals surface area contributed by atoms with E-state index in [9.17, 15) is 28.7 Å². The van der Waals surface area contributed by atoms with E-state index in [1.54, 1.807) is 129 Å². The quantitative estimate of drug-likeness (QED) is 0.0225. The lowest BCUT2D eigenvalue weighted by molar-refractivity contribution is -0.152. The second-order valence-electron chi connectivity index (χ2n) is 36.2. The summed E-state index contributed by atoms with van der Waals surface area (Å²) in [6.07, 6.45) is -1.43. The van der Waals surface area contributed by atoms with Gasteiger partial charge in [-0.1, -0.05) is 149 Å². The fourth-order valence-corrected chi connectivity index (χ4v) is 18.9. The van der Waals surface area contributed by atoms with E-state index in [1.165, 1.54) is 60.1 Å². The van der Waals surface area contributed by atoms with Crippen molar-refractivity contribution in [2.24, 2.45) is 40.7 Å². The minimum Gasteiger partial charge on any atom is -0.508 e. The molecule has 33 nitrogen and oxygen atoms in total. The summed E-state index contributed by atoms with van der Waals surface area (Å²) < 4.78 is 45.2. The van der Waals surface area contributed by atoms with Crippen LogP contribution in [-0.4, -0.2) is 247 Å². The van der Waals surface area contributed by atoms with E-state index in [0.29, 0.717) is 70.1 Å². The number of aromatic nitrogens is 1. The largest absolute Gasteiger partial charge is 0.508 e. The number of carbonyl (C=O) groups excluding carboxylic acids is 16. The SMILES string of the molecule is CCCC[C@H]1C(=O)N2CCC[C@@H]2C(=O)C[C@@H](CC(N)=O)C(=O)C[C@@H](C(C)C)C(=O)N(C)[C@@H](Cc2ccccc2)C(=O)N[C@@H](Cc2ccc(CN)cc2)C(=O)N2CCC[C@@H]2C(=O)N[C@@H](Cc2c[nH]c3ccccc23)C(=O)N[C@@H](Cc2ccc(O)cc2)C(=O)N[C@@H](CCCCN)C(=O)N[C@H](C(=O)CCC(N)=O)CSCC(=O)N[C@@H](Cc2cc(F)c(F)c(F)c2)C(=O)N(C)[C@@H](Cc2ccccc2)C(=O)N1C. The summed E-state index contributed by atoms with van der Waals surface area (Å²) in [7, 11) is 3.95. The number of nitrogens with zero attached hydrogens (tertiary/aromatic N) is 5. The number of ketones is 3. The Hall–Kier alpha value is -13.2. The van der Waals surface area contributed by atoms with Gasteiger partial charge in [-0.25, -0.2) is 13.2 Å². The number of carbonyl (C=O) groups is 16. The monoisotopic (exact) mass is 1920 g/mol. The summed E-state index contributed by atoms with van der Waals surface area (Å²) in [6.45, 7) is 5.43. The highest BCUT2D eigenvalue weighted by atomic mass is 32.2. The fraction of sp³-hybridized carbons (Fsp3) is 0.465. The van der Waals surface area contributed by atoms with Crippen LogP contribution < -0.4 is 54.8 Å². The van der Waals surface area contributed by atoms with Gasteiger partial charge in [0.25, 0.3) is 0 Å². The molecule has 13 atom stereocenters. The number of likely N-dealkylation sites (N-methyl/N-ethyl adjacent to an activating group) is 3. The molecule has 0 radical (unpaired) electrons. The van der Waals surface area contributed by atoms with Crippen LogP contribution in [0.3, 0.4) is 0 Å². The van der Waals surface area contributed by atoms with Gasteiger partial charge >= 0.3 is 0 Å². The number of thioether (sulfide) groups is 1. The number of Topliss-reactive ketones (excluding diaryl/α,β-unsaturated/α-hetero) is 3. The Morgan fingerprint density at radius 3 is 1.62 bits per heavy atom. The van der Waals surface area contributed by atoms with Crippen molar-refractivity contribution in [3.63, 3.8) is 0 Å². The Bertz CT molecular complexity index is 5460. The van der Waals surface area contributed by atoms with Crippen LogP contribution in [0.5, 0.6) is 5.75 Å². The number of amides is 13. The van der Waals surface area contributed by atoms with Crippen molar-refractivity contribution in [3.05, 3.63) is 208 Å². The van der Waals surface area contributed by atoms with E-state index >= 15 is 66.3 Å².